The summed E-state index contributed by atoms with van der Waals surface area (Å²) in [6.45, 7) is 3.47. The van der Waals surface area contributed by atoms with Gasteiger partial charge >= 0.3 is 6.03 Å². The van der Waals surface area contributed by atoms with Crippen molar-refractivity contribution in [2.24, 2.45) is 0 Å². The van der Waals surface area contributed by atoms with Gasteiger partial charge in [0.15, 0.2) is 0 Å². The summed E-state index contributed by atoms with van der Waals surface area (Å²) in [6, 6.07) is 14.5. The SMILES string of the molecule is CCN(CCc1ccncc1)C(=O)NC1(c2ccccc2)CCCC1. The predicted octanol–water partition coefficient (Wildman–Crippen LogP) is 4.13. The quantitative estimate of drug-likeness (QED) is 0.861. The average Bonchev–Trinajstić information content (AvgIpc) is 3.13. The van der Waals surface area contributed by atoms with E-state index in [0.717, 1.165) is 38.6 Å². The number of rotatable bonds is 6. The highest BCUT2D eigenvalue weighted by Crippen LogP contribution is 2.38. The van der Waals surface area contributed by atoms with E-state index in [4.69, 9.17) is 0 Å². The Morgan fingerprint density at radius 3 is 2.44 bits per heavy atom. The molecule has 1 aromatic carbocycles. The van der Waals surface area contributed by atoms with Crippen LogP contribution >= 0.6 is 0 Å². The molecule has 0 bridgehead atoms. The van der Waals surface area contributed by atoms with Crippen molar-refractivity contribution in [3.05, 3.63) is 66.0 Å². The van der Waals surface area contributed by atoms with Crippen molar-refractivity contribution >= 4 is 6.03 Å². The van der Waals surface area contributed by atoms with Gasteiger partial charge in [-0.05, 0) is 49.4 Å². The summed E-state index contributed by atoms with van der Waals surface area (Å²) in [5.74, 6) is 0. The van der Waals surface area contributed by atoms with Crippen LogP contribution in [-0.4, -0.2) is 29.0 Å². The lowest BCUT2D eigenvalue weighted by Gasteiger charge is -2.34. The molecule has 1 saturated carbocycles. The van der Waals surface area contributed by atoms with Crippen molar-refractivity contribution in [2.75, 3.05) is 13.1 Å². The van der Waals surface area contributed by atoms with Crippen LogP contribution in [0.5, 0.6) is 0 Å². The lowest BCUT2D eigenvalue weighted by molar-refractivity contribution is 0.185. The highest BCUT2D eigenvalue weighted by molar-refractivity contribution is 5.75. The van der Waals surface area contributed by atoms with Gasteiger partial charge in [0.25, 0.3) is 0 Å². The van der Waals surface area contributed by atoms with Gasteiger partial charge in [-0.25, -0.2) is 4.79 Å². The minimum absolute atomic E-state index is 0.0438. The number of carbonyl (C=O) groups excluding carboxylic acids is 1. The summed E-state index contributed by atoms with van der Waals surface area (Å²) in [5.41, 5.74) is 2.23. The summed E-state index contributed by atoms with van der Waals surface area (Å²) in [5, 5.41) is 3.37. The van der Waals surface area contributed by atoms with E-state index in [2.05, 4.69) is 34.6 Å². The van der Waals surface area contributed by atoms with Crippen LogP contribution in [0, 0.1) is 0 Å². The maximum Gasteiger partial charge on any atom is 0.318 e. The molecule has 132 valence electrons. The fourth-order valence-corrected chi connectivity index (χ4v) is 3.72. The first-order chi connectivity index (χ1) is 12.2. The number of pyridine rings is 1. The number of amides is 2. The van der Waals surface area contributed by atoms with E-state index < -0.39 is 0 Å². The summed E-state index contributed by atoms with van der Waals surface area (Å²) in [6.07, 6.45) is 8.82. The predicted molar refractivity (Wildman–Crippen MR) is 100 cm³/mol. The molecular weight excluding hydrogens is 310 g/mol. The Labute approximate surface area is 150 Å². The second kappa shape index (κ2) is 8.15. The molecule has 1 fully saturated rings. The van der Waals surface area contributed by atoms with Crippen LogP contribution < -0.4 is 5.32 Å². The van der Waals surface area contributed by atoms with Gasteiger partial charge in [-0.3, -0.25) is 4.98 Å². The van der Waals surface area contributed by atoms with Crippen molar-refractivity contribution in [3.8, 4) is 0 Å². The largest absolute Gasteiger partial charge is 0.328 e. The van der Waals surface area contributed by atoms with Gasteiger partial charge in [-0.2, -0.15) is 0 Å². The number of benzene rings is 1. The number of aromatic nitrogens is 1. The van der Waals surface area contributed by atoms with E-state index in [9.17, 15) is 4.79 Å². The van der Waals surface area contributed by atoms with Gasteiger partial charge in [0.1, 0.15) is 0 Å². The fourth-order valence-electron chi connectivity index (χ4n) is 3.72. The first-order valence-corrected chi connectivity index (χ1v) is 9.25. The second-order valence-electron chi connectivity index (χ2n) is 6.77. The third-order valence-electron chi connectivity index (χ3n) is 5.22. The number of hydrogen-bond acceptors (Lipinski definition) is 2. The summed E-state index contributed by atoms with van der Waals surface area (Å²) in [7, 11) is 0. The summed E-state index contributed by atoms with van der Waals surface area (Å²) in [4.78, 5) is 18.9. The van der Waals surface area contributed by atoms with E-state index in [1.54, 1.807) is 12.4 Å². The van der Waals surface area contributed by atoms with E-state index >= 15 is 0 Å². The van der Waals surface area contributed by atoms with Crippen LogP contribution in [0.1, 0.15) is 43.7 Å². The Morgan fingerprint density at radius 2 is 1.80 bits per heavy atom. The van der Waals surface area contributed by atoms with Gasteiger partial charge in [-0.15, -0.1) is 0 Å². The highest BCUT2D eigenvalue weighted by Gasteiger charge is 2.37. The minimum Gasteiger partial charge on any atom is -0.328 e. The topological polar surface area (TPSA) is 45.2 Å². The number of likely N-dealkylation sites (N-methyl/N-ethyl adjacent to an activating group) is 1. The van der Waals surface area contributed by atoms with Crippen molar-refractivity contribution < 1.29 is 4.79 Å². The first-order valence-electron chi connectivity index (χ1n) is 9.25. The first kappa shape index (κ1) is 17.5. The summed E-state index contributed by atoms with van der Waals surface area (Å²) < 4.78 is 0. The molecule has 1 heterocycles. The van der Waals surface area contributed by atoms with E-state index in [1.807, 2.05) is 30.0 Å². The lowest BCUT2D eigenvalue weighted by atomic mass is 9.88. The zero-order chi connectivity index (χ0) is 17.5. The Bertz CT molecular complexity index is 666. The highest BCUT2D eigenvalue weighted by atomic mass is 16.2. The minimum atomic E-state index is -0.206. The molecule has 0 aliphatic heterocycles. The molecule has 0 spiro atoms. The van der Waals surface area contributed by atoms with E-state index in [1.165, 1.54) is 11.1 Å². The number of urea groups is 1. The maximum absolute atomic E-state index is 12.9. The summed E-state index contributed by atoms with van der Waals surface area (Å²) >= 11 is 0. The van der Waals surface area contributed by atoms with Crippen LogP contribution in [0.2, 0.25) is 0 Å². The van der Waals surface area contributed by atoms with Gasteiger partial charge in [0, 0.05) is 25.5 Å². The van der Waals surface area contributed by atoms with Crippen molar-refractivity contribution in [2.45, 2.75) is 44.6 Å². The Balaban J connectivity index is 1.67. The van der Waals surface area contributed by atoms with Gasteiger partial charge in [0.05, 0.1) is 5.54 Å². The molecule has 0 radical (unpaired) electrons. The van der Waals surface area contributed by atoms with Crippen LogP contribution in [0.3, 0.4) is 0 Å². The van der Waals surface area contributed by atoms with Gasteiger partial charge in [-0.1, -0.05) is 43.2 Å². The molecule has 0 saturated heterocycles. The Hall–Kier alpha value is -2.36. The molecule has 0 atom stereocenters. The average molecular weight is 337 g/mol. The molecule has 0 unspecified atom stereocenters. The van der Waals surface area contributed by atoms with E-state index in [-0.39, 0.29) is 11.6 Å². The molecule has 4 nitrogen and oxygen atoms in total. The number of nitrogens with zero attached hydrogens (tertiary/aromatic N) is 2. The number of carbonyl (C=O) groups is 1. The van der Waals surface area contributed by atoms with E-state index in [0.29, 0.717) is 6.54 Å². The normalized spacial score (nSPS) is 15.7. The molecule has 1 aliphatic carbocycles. The molecule has 3 rings (SSSR count). The maximum atomic E-state index is 12.9. The number of hydrogen-bond donors (Lipinski definition) is 1. The lowest BCUT2D eigenvalue weighted by Crippen LogP contribution is -2.50. The monoisotopic (exact) mass is 337 g/mol. The van der Waals surface area contributed by atoms with Crippen LogP contribution in [0.25, 0.3) is 0 Å². The van der Waals surface area contributed by atoms with Crippen LogP contribution in [0.4, 0.5) is 4.79 Å². The molecule has 4 heteroatoms. The third-order valence-corrected chi connectivity index (χ3v) is 5.22. The van der Waals surface area contributed by atoms with Crippen molar-refractivity contribution in [3.63, 3.8) is 0 Å². The molecule has 2 aromatic rings. The molecule has 1 aromatic heterocycles. The molecule has 25 heavy (non-hydrogen) atoms. The second-order valence-corrected chi connectivity index (χ2v) is 6.77. The molecule has 1 aliphatic rings. The number of nitrogens with one attached hydrogen (secondary N) is 1. The van der Waals surface area contributed by atoms with Crippen LogP contribution in [-0.2, 0) is 12.0 Å². The molecular formula is C21H27N3O. The van der Waals surface area contributed by atoms with Crippen molar-refractivity contribution in [1.82, 2.24) is 15.2 Å². The third kappa shape index (κ3) is 4.19. The van der Waals surface area contributed by atoms with Crippen LogP contribution in [0.15, 0.2) is 54.9 Å². The van der Waals surface area contributed by atoms with Gasteiger partial charge < -0.3 is 10.2 Å². The molecule has 2 amide bonds. The van der Waals surface area contributed by atoms with Gasteiger partial charge in [0.2, 0.25) is 0 Å². The standard InChI is InChI=1S/C21H27N3O/c1-2-24(17-12-18-10-15-22-16-11-18)20(25)23-21(13-6-7-14-21)19-8-4-3-5-9-19/h3-5,8-11,15-16H,2,6-7,12-14,17H2,1H3,(H,23,25). The zero-order valence-electron chi connectivity index (χ0n) is 14.9. The smallest absolute Gasteiger partial charge is 0.318 e. The molecule has 1 N–H and O–H groups in total. The van der Waals surface area contributed by atoms with Crippen molar-refractivity contribution in [1.29, 1.82) is 0 Å². The fraction of sp³-hybridized carbons (Fsp3) is 0.429. The Morgan fingerprint density at radius 1 is 1.12 bits per heavy atom. The zero-order valence-corrected chi connectivity index (χ0v) is 14.9. The Kier molecular flexibility index (Phi) is 5.69.